The fourth-order valence-electron chi connectivity index (χ4n) is 1.82. The third-order valence-corrected chi connectivity index (χ3v) is 3.09. The summed E-state index contributed by atoms with van der Waals surface area (Å²) < 4.78 is 0. The monoisotopic (exact) mass is 271 g/mol. The van der Waals surface area contributed by atoms with Gasteiger partial charge in [-0.2, -0.15) is 0 Å². The molecule has 18 heavy (non-hydrogen) atoms. The fraction of sp³-hybridized carbons (Fsp3) is 0.462. The third kappa shape index (κ3) is 3.78. The van der Waals surface area contributed by atoms with Gasteiger partial charge in [0.1, 0.15) is 0 Å². The first-order valence-corrected chi connectivity index (χ1v) is 6.28. The molecule has 5 heteroatoms. The Hall–Kier alpha value is -0.940. The Labute approximate surface area is 111 Å². The molecule has 0 unspecified atom stereocenters. The topological polar surface area (TPSA) is 83.6 Å². The summed E-state index contributed by atoms with van der Waals surface area (Å²) in [6.07, 6.45) is 1.32. The second-order valence-electron chi connectivity index (χ2n) is 4.02. The molecule has 0 aliphatic carbocycles. The van der Waals surface area contributed by atoms with Crippen LogP contribution in [0.15, 0.2) is 12.1 Å². The molecule has 0 heterocycles. The van der Waals surface area contributed by atoms with Crippen LogP contribution in [0.1, 0.15) is 34.3 Å². The summed E-state index contributed by atoms with van der Waals surface area (Å²) >= 11 is 6.14. The van der Waals surface area contributed by atoms with Gasteiger partial charge in [-0.1, -0.05) is 11.6 Å². The molecule has 4 N–H and O–H groups in total. The minimum Gasteiger partial charge on any atom is -0.396 e. The van der Waals surface area contributed by atoms with Gasteiger partial charge in [-0.25, -0.2) is 0 Å². The standard InChI is InChI=1S/C13H18ClNO3/c14-12-7-9(13(18)3-5-17)6-10(8-15)11(12)2-1-4-16/h6-7,16-17H,1-5,8,15H2. The molecule has 1 rings (SSSR count). The van der Waals surface area contributed by atoms with Crippen LogP contribution in [0.2, 0.25) is 5.02 Å². The van der Waals surface area contributed by atoms with Crippen LogP contribution in [-0.4, -0.2) is 29.2 Å². The Morgan fingerprint density at radius 3 is 2.56 bits per heavy atom. The number of carbonyl (C=O) groups excluding carboxylic acids is 1. The number of benzene rings is 1. The number of ketones is 1. The van der Waals surface area contributed by atoms with Crippen LogP contribution in [0.25, 0.3) is 0 Å². The van der Waals surface area contributed by atoms with Crippen molar-refractivity contribution in [2.24, 2.45) is 5.73 Å². The highest BCUT2D eigenvalue weighted by atomic mass is 35.5. The normalized spacial score (nSPS) is 10.7. The Kier molecular flexibility index (Phi) is 6.29. The van der Waals surface area contributed by atoms with Gasteiger partial charge in [0, 0.05) is 30.2 Å². The van der Waals surface area contributed by atoms with E-state index in [1.165, 1.54) is 0 Å². The summed E-state index contributed by atoms with van der Waals surface area (Å²) in [6, 6.07) is 3.32. The van der Waals surface area contributed by atoms with Gasteiger partial charge in [-0.3, -0.25) is 4.79 Å². The minimum absolute atomic E-state index is 0.0797. The molecule has 0 saturated heterocycles. The number of carbonyl (C=O) groups is 1. The van der Waals surface area contributed by atoms with Crippen molar-refractivity contribution in [3.05, 3.63) is 33.8 Å². The zero-order valence-corrected chi connectivity index (χ0v) is 10.9. The van der Waals surface area contributed by atoms with Gasteiger partial charge in [0.2, 0.25) is 0 Å². The first kappa shape index (κ1) is 15.1. The van der Waals surface area contributed by atoms with E-state index in [0.717, 1.165) is 11.1 Å². The van der Waals surface area contributed by atoms with Crippen molar-refractivity contribution in [3.63, 3.8) is 0 Å². The lowest BCUT2D eigenvalue weighted by atomic mass is 9.97. The third-order valence-electron chi connectivity index (χ3n) is 2.75. The SMILES string of the molecule is NCc1cc(C(=O)CCO)cc(Cl)c1CCCO. The Morgan fingerprint density at radius 1 is 1.28 bits per heavy atom. The maximum Gasteiger partial charge on any atom is 0.165 e. The number of aliphatic hydroxyl groups excluding tert-OH is 2. The van der Waals surface area contributed by atoms with Crippen molar-refractivity contribution in [2.45, 2.75) is 25.8 Å². The maximum atomic E-state index is 11.7. The molecule has 0 aromatic heterocycles. The van der Waals surface area contributed by atoms with Gasteiger partial charge in [0.25, 0.3) is 0 Å². The van der Waals surface area contributed by atoms with E-state index in [4.69, 9.17) is 27.5 Å². The molecule has 100 valence electrons. The first-order valence-electron chi connectivity index (χ1n) is 5.90. The Bertz CT molecular complexity index is 421. The molecule has 1 aromatic rings. The van der Waals surface area contributed by atoms with Gasteiger partial charge < -0.3 is 15.9 Å². The van der Waals surface area contributed by atoms with Gasteiger partial charge in [-0.15, -0.1) is 0 Å². The summed E-state index contributed by atoms with van der Waals surface area (Å²) in [5.41, 5.74) is 7.83. The van der Waals surface area contributed by atoms with E-state index >= 15 is 0 Å². The fourth-order valence-corrected chi connectivity index (χ4v) is 2.15. The quantitative estimate of drug-likeness (QED) is 0.653. The van der Waals surface area contributed by atoms with E-state index in [9.17, 15) is 4.79 Å². The Balaban J connectivity index is 3.06. The summed E-state index contributed by atoms with van der Waals surface area (Å²) in [4.78, 5) is 11.7. The highest BCUT2D eigenvalue weighted by Crippen LogP contribution is 2.24. The van der Waals surface area contributed by atoms with Crippen LogP contribution in [0.4, 0.5) is 0 Å². The number of nitrogens with two attached hydrogens (primary N) is 1. The molecular formula is C13H18ClNO3. The van der Waals surface area contributed by atoms with Gasteiger partial charge >= 0.3 is 0 Å². The summed E-state index contributed by atoms with van der Waals surface area (Å²) in [7, 11) is 0. The molecule has 0 bridgehead atoms. The molecule has 0 amide bonds. The Morgan fingerprint density at radius 2 is 2.00 bits per heavy atom. The van der Waals surface area contributed by atoms with Crippen LogP contribution in [0.5, 0.6) is 0 Å². The van der Waals surface area contributed by atoms with Gasteiger partial charge in [-0.05, 0) is 36.1 Å². The molecule has 0 atom stereocenters. The highest BCUT2D eigenvalue weighted by molar-refractivity contribution is 6.31. The van der Waals surface area contributed by atoms with Crippen LogP contribution < -0.4 is 5.73 Å². The average molecular weight is 272 g/mol. The number of Topliss-reactive ketones (excluding diaryl/α,β-unsaturated/α-hetero) is 1. The van der Waals surface area contributed by atoms with Crippen LogP contribution in [-0.2, 0) is 13.0 Å². The van der Waals surface area contributed by atoms with Crippen molar-refractivity contribution in [1.29, 1.82) is 0 Å². The van der Waals surface area contributed by atoms with Gasteiger partial charge in [0.05, 0.1) is 6.61 Å². The average Bonchev–Trinajstić information content (AvgIpc) is 2.36. The van der Waals surface area contributed by atoms with Crippen molar-refractivity contribution in [3.8, 4) is 0 Å². The smallest absolute Gasteiger partial charge is 0.165 e. The van der Waals surface area contributed by atoms with Crippen LogP contribution in [0, 0.1) is 0 Å². The molecule has 0 radical (unpaired) electrons. The first-order chi connectivity index (χ1) is 8.63. The van der Waals surface area contributed by atoms with Crippen LogP contribution >= 0.6 is 11.6 Å². The molecule has 0 saturated carbocycles. The molecule has 1 aromatic carbocycles. The van der Waals surface area contributed by atoms with Crippen molar-refractivity contribution < 1.29 is 15.0 Å². The number of hydrogen-bond donors (Lipinski definition) is 3. The number of halogens is 1. The number of hydrogen-bond acceptors (Lipinski definition) is 4. The lowest BCUT2D eigenvalue weighted by molar-refractivity contribution is 0.0956. The molecule has 0 aliphatic heterocycles. The number of rotatable bonds is 7. The van der Waals surface area contributed by atoms with E-state index in [1.807, 2.05) is 0 Å². The zero-order valence-electron chi connectivity index (χ0n) is 10.2. The molecule has 4 nitrogen and oxygen atoms in total. The zero-order chi connectivity index (χ0) is 13.5. The predicted molar refractivity (Wildman–Crippen MR) is 70.8 cm³/mol. The lowest BCUT2D eigenvalue weighted by Gasteiger charge is -2.12. The van der Waals surface area contributed by atoms with E-state index in [0.29, 0.717) is 30.0 Å². The predicted octanol–water partition coefficient (Wildman–Crippen LogP) is 1.29. The van der Waals surface area contributed by atoms with Gasteiger partial charge in [0.15, 0.2) is 5.78 Å². The molecule has 0 fully saturated rings. The second kappa shape index (κ2) is 7.48. The van der Waals surface area contributed by atoms with E-state index < -0.39 is 0 Å². The highest BCUT2D eigenvalue weighted by Gasteiger charge is 2.12. The number of aliphatic hydroxyl groups is 2. The maximum absolute atomic E-state index is 11.7. The van der Waals surface area contributed by atoms with Crippen molar-refractivity contribution >= 4 is 17.4 Å². The second-order valence-corrected chi connectivity index (χ2v) is 4.43. The molecule has 0 spiro atoms. The van der Waals surface area contributed by atoms with E-state index in [1.54, 1.807) is 12.1 Å². The minimum atomic E-state index is -0.180. The van der Waals surface area contributed by atoms with E-state index in [-0.39, 0.29) is 25.4 Å². The molecule has 0 aliphatic rings. The largest absolute Gasteiger partial charge is 0.396 e. The van der Waals surface area contributed by atoms with Crippen molar-refractivity contribution in [2.75, 3.05) is 13.2 Å². The summed E-state index contributed by atoms with van der Waals surface area (Å²) in [6.45, 7) is 0.201. The van der Waals surface area contributed by atoms with Crippen molar-refractivity contribution in [1.82, 2.24) is 0 Å². The van der Waals surface area contributed by atoms with Crippen LogP contribution in [0.3, 0.4) is 0 Å². The lowest BCUT2D eigenvalue weighted by Crippen LogP contribution is -2.08. The summed E-state index contributed by atoms with van der Waals surface area (Å²) in [5.74, 6) is -0.150. The van der Waals surface area contributed by atoms with E-state index in [2.05, 4.69) is 0 Å². The molecular weight excluding hydrogens is 254 g/mol. The summed E-state index contributed by atoms with van der Waals surface area (Å²) in [5, 5.41) is 18.1.